The minimum Gasteiger partial charge on any atom is -0.502 e. The van der Waals surface area contributed by atoms with Gasteiger partial charge in [-0.25, -0.2) is 4.39 Å². The van der Waals surface area contributed by atoms with E-state index >= 15 is 4.39 Å². The lowest BCUT2D eigenvalue weighted by molar-refractivity contribution is 0.0606. The summed E-state index contributed by atoms with van der Waals surface area (Å²) in [5.74, 6) is -3.51. The molecular weight excluding hydrogens is 456 g/mol. The van der Waals surface area contributed by atoms with E-state index in [1.54, 1.807) is 16.0 Å². The Bertz CT molecular complexity index is 1430. The largest absolute Gasteiger partial charge is 0.502 e. The molecule has 6 rings (SSSR count). The van der Waals surface area contributed by atoms with Crippen LogP contribution >= 0.6 is 0 Å². The molecular formula is C26H21F2N3O4. The number of ether oxygens (including phenoxy) is 1. The smallest absolute Gasteiger partial charge is 0.278 e. The van der Waals surface area contributed by atoms with Crippen LogP contribution in [0.2, 0.25) is 0 Å². The lowest BCUT2D eigenvalue weighted by Gasteiger charge is -2.46. The Balaban J connectivity index is 1.67. The zero-order valence-corrected chi connectivity index (χ0v) is 18.5. The summed E-state index contributed by atoms with van der Waals surface area (Å²) in [6.45, 7) is 0.0607. The summed E-state index contributed by atoms with van der Waals surface area (Å²) >= 11 is 0. The van der Waals surface area contributed by atoms with Crippen LogP contribution in [0.15, 0.2) is 71.7 Å². The molecule has 2 bridgehead atoms. The zero-order valence-electron chi connectivity index (χ0n) is 18.5. The number of halogens is 2. The van der Waals surface area contributed by atoms with Gasteiger partial charge in [0.2, 0.25) is 11.2 Å². The number of carbonyl (C=O) groups is 1. The molecule has 3 aromatic rings. The van der Waals surface area contributed by atoms with Crippen LogP contribution in [0.4, 0.5) is 8.78 Å². The summed E-state index contributed by atoms with van der Waals surface area (Å²) < 4.78 is 36.6. The quantitative estimate of drug-likeness (QED) is 0.544. The first-order chi connectivity index (χ1) is 16.9. The molecule has 0 unspecified atom stereocenters. The first kappa shape index (κ1) is 21.4. The second-order valence-electron chi connectivity index (χ2n) is 8.95. The Morgan fingerprint density at radius 3 is 2.54 bits per heavy atom. The maximum atomic E-state index is 15.1. The van der Waals surface area contributed by atoms with Crippen molar-refractivity contribution in [1.82, 2.24) is 9.58 Å². The van der Waals surface area contributed by atoms with Gasteiger partial charge in [0.15, 0.2) is 23.0 Å². The van der Waals surface area contributed by atoms with Crippen molar-refractivity contribution in [2.75, 3.05) is 18.3 Å². The Morgan fingerprint density at radius 1 is 1.03 bits per heavy atom. The van der Waals surface area contributed by atoms with Gasteiger partial charge in [0, 0.05) is 17.8 Å². The summed E-state index contributed by atoms with van der Waals surface area (Å²) in [4.78, 5) is 27.5. The fourth-order valence-electron chi connectivity index (χ4n) is 4.99. The topological polar surface area (TPSA) is 75.0 Å². The van der Waals surface area contributed by atoms with Gasteiger partial charge in [0.25, 0.3) is 5.91 Å². The molecule has 9 heteroatoms. The molecule has 1 spiro atoms. The molecule has 3 heterocycles. The molecule has 0 saturated heterocycles. The van der Waals surface area contributed by atoms with E-state index in [4.69, 9.17) is 4.74 Å². The molecule has 3 aliphatic rings. The number of carbonyl (C=O) groups excluding carboxylic acids is 1. The van der Waals surface area contributed by atoms with E-state index in [2.05, 4.69) is 0 Å². The molecule has 1 amide bonds. The fourth-order valence-corrected chi connectivity index (χ4v) is 4.99. The number of rotatable bonds is 1. The van der Waals surface area contributed by atoms with Crippen molar-refractivity contribution < 1.29 is 23.4 Å². The van der Waals surface area contributed by atoms with Gasteiger partial charge in [0.05, 0.1) is 5.54 Å². The van der Waals surface area contributed by atoms with E-state index in [-0.39, 0.29) is 24.7 Å². The third-order valence-corrected chi connectivity index (χ3v) is 6.90. The molecule has 1 fully saturated rings. The average Bonchev–Trinajstić information content (AvgIpc) is 3.65. The number of pyridine rings is 1. The zero-order chi connectivity index (χ0) is 24.3. The highest BCUT2D eigenvalue weighted by Gasteiger charge is 2.52. The molecule has 1 aromatic heterocycles. The predicted molar refractivity (Wildman–Crippen MR) is 123 cm³/mol. The minimum atomic E-state index is -1.11. The summed E-state index contributed by atoms with van der Waals surface area (Å²) in [7, 11) is 0. The SMILES string of the molecule is O=C1c2c(O)c(=O)ccn2N2CN1C1(/C=C/COc3c(ccc(F)c3F)[C@H]2c2ccccc2)CC1. The number of aromatic nitrogens is 1. The van der Waals surface area contributed by atoms with Crippen molar-refractivity contribution in [2.45, 2.75) is 24.4 Å². The highest BCUT2D eigenvalue weighted by atomic mass is 19.2. The van der Waals surface area contributed by atoms with Crippen LogP contribution < -0.4 is 15.2 Å². The minimum absolute atomic E-state index is 0.0191. The molecule has 2 aromatic carbocycles. The first-order valence-corrected chi connectivity index (χ1v) is 11.3. The predicted octanol–water partition coefficient (Wildman–Crippen LogP) is 3.45. The van der Waals surface area contributed by atoms with E-state index in [1.165, 1.54) is 23.0 Å². The molecule has 1 aliphatic carbocycles. The highest BCUT2D eigenvalue weighted by Crippen LogP contribution is 2.47. The molecule has 35 heavy (non-hydrogen) atoms. The summed E-state index contributed by atoms with van der Waals surface area (Å²) in [6.07, 6.45) is 6.31. The number of aromatic hydroxyl groups is 1. The second-order valence-corrected chi connectivity index (χ2v) is 8.95. The van der Waals surface area contributed by atoms with Gasteiger partial charge in [-0.15, -0.1) is 0 Å². The first-order valence-electron chi connectivity index (χ1n) is 11.3. The van der Waals surface area contributed by atoms with Gasteiger partial charge >= 0.3 is 0 Å². The maximum absolute atomic E-state index is 15.1. The van der Waals surface area contributed by atoms with Crippen molar-refractivity contribution in [1.29, 1.82) is 0 Å². The molecule has 2 aliphatic heterocycles. The molecule has 1 atom stereocenters. The molecule has 178 valence electrons. The van der Waals surface area contributed by atoms with E-state index in [9.17, 15) is 19.1 Å². The van der Waals surface area contributed by atoms with Crippen molar-refractivity contribution in [3.8, 4) is 11.5 Å². The standard InChI is InChI=1S/C26H21F2N3O4/c27-18-8-7-17-21(16-5-2-1-3-6-16)31-15-29(25(34)22-23(33)19(32)9-13-30(22)31)26(11-12-26)10-4-14-35-24(17)20(18)28/h1-10,13,21,33H,11-12,14-15H2/b10-4+/t21-/m1/s1. The third-order valence-electron chi connectivity index (χ3n) is 6.90. The van der Waals surface area contributed by atoms with E-state index in [0.29, 0.717) is 18.4 Å². The van der Waals surface area contributed by atoms with Crippen LogP contribution in [0.1, 0.15) is 40.5 Å². The van der Waals surface area contributed by atoms with Gasteiger partial charge in [-0.3, -0.25) is 19.3 Å². The van der Waals surface area contributed by atoms with Gasteiger partial charge in [0.1, 0.15) is 19.3 Å². The third kappa shape index (κ3) is 3.22. The number of fused-ring (bicyclic) bond motifs is 6. The normalized spacial score (nSPS) is 21.0. The van der Waals surface area contributed by atoms with Crippen LogP contribution in [0.5, 0.6) is 11.5 Å². The maximum Gasteiger partial charge on any atom is 0.278 e. The Hall–Kier alpha value is -4.14. The van der Waals surface area contributed by atoms with Crippen molar-refractivity contribution in [2.24, 2.45) is 0 Å². The average molecular weight is 477 g/mol. The fraction of sp³-hybridized carbons (Fsp3) is 0.231. The van der Waals surface area contributed by atoms with Gasteiger partial charge in [-0.05, 0) is 36.6 Å². The highest BCUT2D eigenvalue weighted by molar-refractivity contribution is 5.97. The van der Waals surface area contributed by atoms with Crippen molar-refractivity contribution in [3.63, 3.8) is 0 Å². The molecule has 1 saturated carbocycles. The van der Waals surface area contributed by atoms with Gasteiger partial charge in [-0.1, -0.05) is 36.4 Å². The molecule has 0 radical (unpaired) electrons. The van der Waals surface area contributed by atoms with E-state index < -0.39 is 40.3 Å². The van der Waals surface area contributed by atoms with E-state index in [1.807, 2.05) is 36.4 Å². The number of hydrogen-bond acceptors (Lipinski definition) is 5. The number of benzene rings is 2. The summed E-state index contributed by atoms with van der Waals surface area (Å²) in [5.41, 5.74) is -0.408. The number of hydrogen-bond donors (Lipinski definition) is 1. The van der Waals surface area contributed by atoms with Crippen molar-refractivity contribution >= 4 is 5.91 Å². The Labute approximate surface area is 199 Å². The summed E-state index contributed by atoms with van der Waals surface area (Å²) in [5, 5.41) is 12.4. The van der Waals surface area contributed by atoms with Crippen molar-refractivity contribution in [3.05, 3.63) is 106 Å². The van der Waals surface area contributed by atoms with Gasteiger partial charge in [-0.2, -0.15) is 4.39 Å². The summed E-state index contributed by atoms with van der Waals surface area (Å²) in [6, 6.07) is 12.1. The number of nitrogens with zero attached hydrogens (tertiary/aromatic N) is 3. The van der Waals surface area contributed by atoms with Crippen LogP contribution in [-0.2, 0) is 0 Å². The monoisotopic (exact) mass is 477 g/mol. The van der Waals surface area contributed by atoms with Crippen LogP contribution in [0.3, 0.4) is 0 Å². The van der Waals surface area contributed by atoms with Crippen LogP contribution in [0.25, 0.3) is 0 Å². The Kier molecular flexibility index (Phi) is 4.70. The Morgan fingerprint density at radius 2 is 1.80 bits per heavy atom. The molecule has 1 N–H and O–H groups in total. The molecule has 7 nitrogen and oxygen atoms in total. The van der Waals surface area contributed by atoms with Gasteiger partial charge < -0.3 is 14.7 Å². The van der Waals surface area contributed by atoms with Crippen LogP contribution in [0, 0.1) is 11.6 Å². The second kappa shape index (κ2) is 7.69. The lowest BCUT2D eigenvalue weighted by atomic mass is 9.96. The van der Waals surface area contributed by atoms with Crippen LogP contribution in [-0.4, -0.2) is 39.4 Å². The number of amides is 1. The van der Waals surface area contributed by atoms with E-state index in [0.717, 1.165) is 11.6 Å². The lowest BCUT2D eigenvalue weighted by Crippen LogP contribution is -2.58.